The summed E-state index contributed by atoms with van der Waals surface area (Å²) in [6.45, 7) is 4.09. The van der Waals surface area contributed by atoms with Crippen molar-refractivity contribution in [3.8, 4) is 0 Å². The molecule has 6 heteroatoms. The molecule has 1 aromatic rings. The predicted octanol–water partition coefficient (Wildman–Crippen LogP) is 0.755. The second-order valence-electron chi connectivity index (χ2n) is 4.09. The van der Waals surface area contributed by atoms with Crippen LogP contribution in [-0.2, 0) is 11.3 Å². The highest BCUT2D eigenvalue weighted by molar-refractivity contribution is 5.19. The van der Waals surface area contributed by atoms with E-state index in [9.17, 15) is 0 Å². The number of hydrogen-bond donors (Lipinski definition) is 2. The van der Waals surface area contributed by atoms with Crippen LogP contribution in [0, 0.1) is 5.92 Å². The van der Waals surface area contributed by atoms with E-state index in [-0.39, 0.29) is 6.54 Å². The van der Waals surface area contributed by atoms with Crippen LogP contribution in [-0.4, -0.2) is 29.5 Å². The fourth-order valence-electron chi connectivity index (χ4n) is 1.92. The smallest absolute Gasteiger partial charge is 0.315 e. The summed E-state index contributed by atoms with van der Waals surface area (Å²) in [7, 11) is 0. The Hall–Kier alpha value is -1.14. The number of nitrogens with two attached hydrogens (primary N) is 1. The average molecular weight is 226 g/mol. The van der Waals surface area contributed by atoms with Gasteiger partial charge in [0.25, 0.3) is 0 Å². The summed E-state index contributed by atoms with van der Waals surface area (Å²) < 4.78 is 10.6. The summed E-state index contributed by atoms with van der Waals surface area (Å²) in [4.78, 5) is 0. The highest BCUT2D eigenvalue weighted by atomic mass is 16.5. The van der Waals surface area contributed by atoms with E-state index in [0.717, 1.165) is 26.1 Å². The molecule has 16 heavy (non-hydrogen) atoms. The Balaban J connectivity index is 1.87. The van der Waals surface area contributed by atoms with Crippen LogP contribution in [0.15, 0.2) is 4.42 Å². The Morgan fingerprint density at radius 2 is 2.19 bits per heavy atom. The van der Waals surface area contributed by atoms with Gasteiger partial charge in [-0.3, -0.25) is 0 Å². The highest BCUT2D eigenvalue weighted by Crippen LogP contribution is 2.21. The van der Waals surface area contributed by atoms with E-state index in [1.807, 2.05) is 0 Å². The van der Waals surface area contributed by atoms with E-state index in [1.54, 1.807) is 0 Å². The molecule has 90 valence electrons. The molecule has 1 aliphatic rings. The minimum Gasteiger partial charge on any atom is -0.407 e. The van der Waals surface area contributed by atoms with Crippen molar-refractivity contribution in [3.63, 3.8) is 0 Å². The van der Waals surface area contributed by atoms with Crippen LogP contribution in [0.5, 0.6) is 0 Å². The summed E-state index contributed by atoms with van der Waals surface area (Å²) in [5, 5.41) is 10.9. The number of ether oxygens (including phenoxy) is 1. The van der Waals surface area contributed by atoms with Crippen molar-refractivity contribution in [3.05, 3.63) is 5.89 Å². The minimum absolute atomic E-state index is 0.278. The SMILES string of the molecule is CC(Nc1nnc(CN)o1)C1CCOCC1. The normalized spacial score (nSPS) is 19.6. The van der Waals surface area contributed by atoms with E-state index >= 15 is 0 Å². The Bertz CT molecular complexity index is 322. The van der Waals surface area contributed by atoms with E-state index in [2.05, 4.69) is 22.4 Å². The van der Waals surface area contributed by atoms with Gasteiger partial charge in [0.1, 0.15) is 0 Å². The van der Waals surface area contributed by atoms with E-state index in [1.165, 1.54) is 0 Å². The molecule has 0 amide bonds. The van der Waals surface area contributed by atoms with Gasteiger partial charge >= 0.3 is 6.01 Å². The van der Waals surface area contributed by atoms with Crippen LogP contribution in [0.4, 0.5) is 6.01 Å². The number of hydrogen-bond acceptors (Lipinski definition) is 6. The molecule has 0 bridgehead atoms. The number of aromatic nitrogens is 2. The maximum absolute atomic E-state index is 5.40. The first-order valence-electron chi connectivity index (χ1n) is 5.66. The molecular weight excluding hydrogens is 208 g/mol. The summed E-state index contributed by atoms with van der Waals surface area (Å²) in [5.41, 5.74) is 5.40. The molecular formula is C10H18N4O2. The fourth-order valence-corrected chi connectivity index (χ4v) is 1.92. The molecule has 1 unspecified atom stereocenters. The van der Waals surface area contributed by atoms with Gasteiger partial charge in [0, 0.05) is 19.3 Å². The van der Waals surface area contributed by atoms with Crippen LogP contribution in [0.1, 0.15) is 25.7 Å². The third-order valence-corrected chi connectivity index (χ3v) is 2.97. The first-order chi connectivity index (χ1) is 7.79. The number of nitrogens with one attached hydrogen (secondary N) is 1. The molecule has 0 aliphatic carbocycles. The first kappa shape index (κ1) is 11.3. The van der Waals surface area contributed by atoms with E-state index in [4.69, 9.17) is 14.9 Å². The second kappa shape index (κ2) is 5.27. The van der Waals surface area contributed by atoms with E-state index < -0.39 is 0 Å². The topological polar surface area (TPSA) is 86.2 Å². The van der Waals surface area contributed by atoms with Gasteiger partial charge in [-0.15, -0.1) is 5.10 Å². The third kappa shape index (κ3) is 2.70. The Morgan fingerprint density at radius 1 is 1.44 bits per heavy atom. The van der Waals surface area contributed by atoms with Crippen LogP contribution in [0.2, 0.25) is 0 Å². The second-order valence-corrected chi connectivity index (χ2v) is 4.09. The van der Waals surface area contributed by atoms with Crippen LogP contribution in [0.25, 0.3) is 0 Å². The summed E-state index contributed by atoms with van der Waals surface area (Å²) >= 11 is 0. The van der Waals surface area contributed by atoms with Gasteiger partial charge in [-0.2, -0.15) is 0 Å². The standard InChI is InChI=1S/C10H18N4O2/c1-7(8-2-4-15-5-3-8)12-10-14-13-9(6-11)16-10/h7-8H,2-6,11H2,1H3,(H,12,14). The molecule has 1 fully saturated rings. The predicted molar refractivity (Wildman–Crippen MR) is 58.8 cm³/mol. The molecule has 2 heterocycles. The molecule has 1 aromatic heterocycles. The zero-order chi connectivity index (χ0) is 11.4. The maximum Gasteiger partial charge on any atom is 0.315 e. The fraction of sp³-hybridized carbons (Fsp3) is 0.800. The molecule has 1 saturated heterocycles. The van der Waals surface area contributed by atoms with Crippen LogP contribution < -0.4 is 11.1 Å². The summed E-state index contributed by atoms with van der Waals surface area (Å²) in [6, 6.07) is 0.773. The third-order valence-electron chi connectivity index (χ3n) is 2.97. The zero-order valence-corrected chi connectivity index (χ0v) is 9.48. The lowest BCUT2D eigenvalue weighted by Crippen LogP contribution is -2.31. The monoisotopic (exact) mass is 226 g/mol. The van der Waals surface area contributed by atoms with Crippen molar-refractivity contribution in [2.45, 2.75) is 32.4 Å². The van der Waals surface area contributed by atoms with Crippen LogP contribution >= 0.6 is 0 Å². The van der Waals surface area contributed by atoms with Gasteiger partial charge in [0.2, 0.25) is 5.89 Å². The molecule has 1 aliphatic heterocycles. The quantitative estimate of drug-likeness (QED) is 0.788. The lowest BCUT2D eigenvalue weighted by molar-refractivity contribution is 0.0620. The van der Waals surface area contributed by atoms with Gasteiger partial charge in [-0.1, -0.05) is 5.10 Å². The number of rotatable bonds is 4. The van der Waals surface area contributed by atoms with Crippen molar-refractivity contribution in [1.82, 2.24) is 10.2 Å². The largest absolute Gasteiger partial charge is 0.407 e. The lowest BCUT2D eigenvalue weighted by Gasteiger charge is -2.27. The average Bonchev–Trinajstić information content (AvgIpc) is 2.78. The molecule has 3 N–H and O–H groups in total. The lowest BCUT2D eigenvalue weighted by atomic mass is 9.93. The highest BCUT2D eigenvalue weighted by Gasteiger charge is 2.21. The van der Waals surface area contributed by atoms with Crippen molar-refractivity contribution in [2.24, 2.45) is 11.7 Å². The molecule has 2 rings (SSSR count). The maximum atomic E-state index is 5.40. The first-order valence-corrected chi connectivity index (χ1v) is 5.66. The molecule has 0 saturated carbocycles. The van der Waals surface area contributed by atoms with Crippen molar-refractivity contribution < 1.29 is 9.15 Å². The molecule has 0 radical (unpaired) electrons. The Kier molecular flexibility index (Phi) is 3.74. The van der Waals surface area contributed by atoms with Crippen LogP contribution in [0.3, 0.4) is 0 Å². The molecule has 0 spiro atoms. The summed E-state index contributed by atoms with van der Waals surface area (Å²) in [6.07, 6.45) is 2.15. The number of nitrogens with zero attached hydrogens (tertiary/aromatic N) is 2. The zero-order valence-electron chi connectivity index (χ0n) is 9.48. The van der Waals surface area contributed by atoms with Gasteiger partial charge in [0.15, 0.2) is 0 Å². The Morgan fingerprint density at radius 3 is 2.81 bits per heavy atom. The summed E-state index contributed by atoms with van der Waals surface area (Å²) in [5.74, 6) is 1.06. The van der Waals surface area contributed by atoms with Gasteiger partial charge in [-0.05, 0) is 25.7 Å². The van der Waals surface area contributed by atoms with E-state index in [0.29, 0.717) is 23.9 Å². The number of anilines is 1. The van der Waals surface area contributed by atoms with Crippen molar-refractivity contribution in [2.75, 3.05) is 18.5 Å². The van der Waals surface area contributed by atoms with Gasteiger partial charge < -0.3 is 20.2 Å². The molecule has 6 nitrogen and oxygen atoms in total. The van der Waals surface area contributed by atoms with Gasteiger partial charge in [-0.25, -0.2) is 0 Å². The molecule has 1 atom stereocenters. The van der Waals surface area contributed by atoms with Crippen molar-refractivity contribution >= 4 is 6.01 Å². The van der Waals surface area contributed by atoms with Gasteiger partial charge in [0.05, 0.1) is 6.54 Å². The molecule has 0 aromatic carbocycles. The Labute approximate surface area is 94.6 Å². The van der Waals surface area contributed by atoms with Crippen molar-refractivity contribution in [1.29, 1.82) is 0 Å². The minimum atomic E-state index is 0.278.